The first kappa shape index (κ1) is 10.4. The third kappa shape index (κ3) is 1.98. The van der Waals surface area contributed by atoms with Crippen LogP contribution in [0, 0.1) is 5.41 Å². The second-order valence-corrected chi connectivity index (χ2v) is 3.74. The Hall–Kier alpha value is -1.66. The fourth-order valence-corrected chi connectivity index (χ4v) is 1.25. The molecule has 0 saturated carbocycles. The first-order chi connectivity index (χ1) is 6.61. The molecule has 0 bridgehead atoms. The third-order valence-corrected chi connectivity index (χ3v) is 2.27. The number of rotatable bonds is 3. The van der Waals surface area contributed by atoms with Gasteiger partial charge in [-0.05, 0) is 26.0 Å². The first-order valence-electron chi connectivity index (χ1n) is 4.53. The van der Waals surface area contributed by atoms with Crippen LogP contribution < -0.4 is 0 Å². The molecule has 0 saturated heterocycles. The van der Waals surface area contributed by atoms with Crippen LogP contribution in [-0.4, -0.2) is 10.5 Å². The molecule has 0 spiro atoms. The van der Waals surface area contributed by atoms with Crippen molar-refractivity contribution in [2.45, 2.75) is 13.8 Å². The Bertz CT molecular complexity index is 371. The van der Waals surface area contributed by atoms with Crippen LogP contribution in [0.4, 0.5) is 0 Å². The molecule has 0 amide bonds. The lowest BCUT2D eigenvalue weighted by atomic mass is 9.84. The predicted molar refractivity (Wildman–Crippen MR) is 58.1 cm³/mol. The molecule has 0 N–H and O–H groups in total. The maximum absolute atomic E-state index is 8.99. The largest absolute Gasteiger partial charge is 0.361 e. The van der Waals surface area contributed by atoms with Gasteiger partial charge >= 0.3 is 5.71 Å². The molecule has 0 atom stereocenters. The molecule has 2 nitrogen and oxygen atoms in total. The minimum absolute atomic E-state index is 0.323. The van der Waals surface area contributed by atoms with Gasteiger partial charge in [0.1, 0.15) is 0 Å². The molecule has 14 heavy (non-hydrogen) atoms. The minimum Gasteiger partial charge on any atom is -0.361 e. The highest BCUT2D eigenvalue weighted by Gasteiger charge is 2.30. The second-order valence-electron chi connectivity index (χ2n) is 3.74. The molecule has 0 unspecified atom stereocenters. The average molecular weight is 186 g/mol. The van der Waals surface area contributed by atoms with E-state index in [1.165, 1.54) is 0 Å². The third-order valence-electron chi connectivity index (χ3n) is 2.27. The van der Waals surface area contributed by atoms with Crippen LogP contribution in [-0.2, 0) is 0 Å². The van der Waals surface area contributed by atoms with Crippen LogP contribution in [0.5, 0.6) is 0 Å². The number of hydrogen-bond donors (Lipinski definition) is 0. The summed E-state index contributed by atoms with van der Waals surface area (Å²) in [6, 6.07) is 9.60. The van der Waals surface area contributed by atoms with Crippen LogP contribution in [0.1, 0.15) is 19.4 Å². The van der Waals surface area contributed by atoms with Crippen molar-refractivity contribution in [3.8, 4) is 0 Å². The summed E-state index contributed by atoms with van der Waals surface area (Å²) < 4.78 is 0. The van der Waals surface area contributed by atoms with E-state index in [2.05, 4.69) is 11.4 Å². The van der Waals surface area contributed by atoms with Gasteiger partial charge in [-0.25, -0.2) is 0 Å². The lowest BCUT2D eigenvalue weighted by Crippen LogP contribution is -2.23. The van der Waals surface area contributed by atoms with Gasteiger partial charge in [0.15, 0.2) is 0 Å². The monoisotopic (exact) mass is 186 g/mol. The van der Waals surface area contributed by atoms with E-state index in [1.807, 2.05) is 44.2 Å². The van der Waals surface area contributed by atoms with Crippen molar-refractivity contribution in [1.82, 2.24) is 0 Å². The molecule has 1 rings (SSSR count). The molecule has 2 heteroatoms. The Labute approximate surface area is 84.5 Å². The highest BCUT2D eigenvalue weighted by Crippen LogP contribution is 2.22. The van der Waals surface area contributed by atoms with Gasteiger partial charge in [-0.15, -0.1) is 6.58 Å². The molecule has 0 aliphatic rings. The summed E-state index contributed by atoms with van der Waals surface area (Å²) in [6.45, 7) is 7.66. The number of hydrogen-bond acceptors (Lipinski definition) is 0. The zero-order chi connectivity index (χ0) is 10.6. The molecular weight excluding hydrogens is 172 g/mol. The Morgan fingerprint density at radius 3 is 2.36 bits per heavy atom. The van der Waals surface area contributed by atoms with Gasteiger partial charge in [0.2, 0.25) is 0 Å². The zero-order valence-corrected chi connectivity index (χ0v) is 8.57. The van der Waals surface area contributed by atoms with Gasteiger partial charge < -0.3 is 5.53 Å². The maximum atomic E-state index is 8.99. The standard InChI is InChI=1S/C12H14N2/c1-4-12(2,3)11(14-13)10-8-6-5-7-9-10/h4-9H,1H2,2-3H3. The van der Waals surface area contributed by atoms with E-state index < -0.39 is 0 Å². The van der Waals surface area contributed by atoms with Crippen LogP contribution in [0.15, 0.2) is 43.0 Å². The molecule has 0 aliphatic heterocycles. The molecule has 1 aromatic carbocycles. The highest BCUT2D eigenvalue weighted by molar-refractivity contribution is 6.01. The van der Waals surface area contributed by atoms with Gasteiger partial charge in [0.25, 0.3) is 0 Å². The van der Waals surface area contributed by atoms with Crippen molar-refractivity contribution in [3.63, 3.8) is 0 Å². The average Bonchev–Trinajstić information content (AvgIpc) is 2.20. The van der Waals surface area contributed by atoms with Crippen LogP contribution in [0.2, 0.25) is 0 Å². The van der Waals surface area contributed by atoms with Crippen LogP contribution >= 0.6 is 0 Å². The van der Waals surface area contributed by atoms with Gasteiger partial charge in [0.05, 0.1) is 11.0 Å². The fourth-order valence-electron chi connectivity index (χ4n) is 1.25. The minimum atomic E-state index is -0.323. The number of nitrogens with zero attached hydrogens (tertiary/aromatic N) is 2. The molecule has 0 fully saturated rings. The van der Waals surface area contributed by atoms with Crippen LogP contribution in [0.25, 0.3) is 5.53 Å². The first-order valence-corrected chi connectivity index (χ1v) is 4.53. The van der Waals surface area contributed by atoms with Gasteiger partial charge in [0, 0.05) is 0 Å². The molecule has 0 radical (unpaired) electrons. The molecule has 0 aliphatic carbocycles. The smallest absolute Gasteiger partial charge is 0.308 e. The van der Waals surface area contributed by atoms with Gasteiger partial charge in [-0.2, -0.15) is 4.79 Å². The SMILES string of the molecule is C=CC(C)(C)C(=[N+]=[N-])c1ccccc1. The summed E-state index contributed by atoms with van der Waals surface area (Å²) in [5, 5.41) is 0. The van der Waals surface area contributed by atoms with Crippen LogP contribution in [0.3, 0.4) is 0 Å². The van der Waals surface area contributed by atoms with E-state index in [0.29, 0.717) is 5.71 Å². The van der Waals surface area contributed by atoms with Crippen molar-refractivity contribution in [2.75, 3.05) is 0 Å². The van der Waals surface area contributed by atoms with Gasteiger partial charge in [-0.1, -0.05) is 24.3 Å². The Kier molecular flexibility index (Phi) is 3.00. The quantitative estimate of drug-likeness (QED) is 0.301. The lowest BCUT2D eigenvalue weighted by molar-refractivity contribution is -0.0139. The molecular formula is C12H14N2. The number of allylic oxidation sites excluding steroid dienone is 1. The predicted octanol–water partition coefficient (Wildman–Crippen LogP) is 2.92. The van der Waals surface area contributed by atoms with E-state index in [1.54, 1.807) is 6.08 Å². The summed E-state index contributed by atoms with van der Waals surface area (Å²) in [7, 11) is 0. The molecule has 1 aromatic rings. The van der Waals surface area contributed by atoms with E-state index >= 15 is 0 Å². The fraction of sp³-hybridized carbons (Fsp3) is 0.250. The normalized spacial score (nSPS) is 10.4. The number of benzene rings is 1. The van der Waals surface area contributed by atoms with E-state index in [-0.39, 0.29) is 5.41 Å². The van der Waals surface area contributed by atoms with E-state index in [0.717, 1.165) is 5.56 Å². The van der Waals surface area contributed by atoms with Crippen molar-refractivity contribution < 1.29 is 4.79 Å². The zero-order valence-electron chi connectivity index (χ0n) is 8.57. The lowest BCUT2D eigenvalue weighted by Gasteiger charge is -2.13. The van der Waals surface area contributed by atoms with Crippen molar-refractivity contribution in [2.24, 2.45) is 5.41 Å². The van der Waals surface area contributed by atoms with Gasteiger partial charge in [-0.3, -0.25) is 0 Å². The summed E-state index contributed by atoms with van der Waals surface area (Å²) in [5.41, 5.74) is 10.2. The molecule has 0 aromatic heterocycles. The summed E-state index contributed by atoms with van der Waals surface area (Å²) in [6.07, 6.45) is 1.77. The van der Waals surface area contributed by atoms with Crippen molar-refractivity contribution >= 4 is 5.71 Å². The topological polar surface area (TPSA) is 36.4 Å². The van der Waals surface area contributed by atoms with Crippen molar-refractivity contribution in [1.29, 1.82) is 0 Å². The Balaban J connectivity index is 3.20. The molecule has 72 valence electrons. The van der Waals surface area contributed by atoms with E-state index in [9.17, 15) is 0 Å². The van der Waals surface area contributed by atoms with E-state index in [4.69, 9.17) is 5.53 Å². The Morgan fingerprint density at radius 1 is 1.36 bits per heavy atom. The summed E-state index contributed by atoms with van der Waals surface area (Å²) in [5.74, 6) is 0. The van der Waals surface area contributed by atoms with Crippen molar-refractivity contribution in [3.05, 3.63) is 54.1 Å². The Morgan fingerprint density at radius 2 is 1.93 bits per heavy atom. The summed E-state index contributed by atoms with van der Waals surface area (Å²) in [4.78, 5) is 3.35. The maximum Gasteiger partial charge on any atom is 0.308 e. The molecule has 0 heterocycles. The highest BCUT2D eigenvalue weighted by atomic mass is 14.9. The summed E-state index contributed by atoms with van der Waals surface area (Å²) >= 11 is 0. The second kappa shape index (κ2) is 4.03.